The number of hydrogen-bond donors (Lipinski definition) is 3. The summed E-state index contributed by atoms with van der Waals surface area (Å²) in [5.74, 6) is 0.0767. The van der Waals surface area contributed by atoms with Crippen LogP contribution in [0.5, 0.6) is 0 Å². The van der Waals surface area contributed by atoms with Gasteiger partial charge in [0.05, 0.1) is 4.99 Å². The van der Waals surface area contributed by atoms with Crippen LogP contribution in [0.3, 0.4) is 0 Å². The Hall–Kier alpha value is -1.62. The third-order valence-corrected chi connectivity index (χ3v) is 2.71. The summed E-state index contributed by atoms with van der Waals surface area (Å²) in [5.41, 5.74) is 7.28. The first-order valence-electron chi connectivity index (χ1n) is 5.40. The molecule has 0 fully saturated rings. The predicted octanol–water partition coefficient (Wildman–Crippen LogP) is 1.98. The maximum atomic E-state index is 10.8. The summed E-state index contributed by atoms with van der Waals surface area (Å²) in [7, 11) is 0. The van der Waals surface area contributed by atoms with E-state index in [1.54, 1.807) is 0 Å². The maximum Gasteiger partial charge on any atom is 0.221 e. The lowest BCUT2D eigenvalue weighted by Crippen LogP contribution is -2.25. The zero-order chi connectivity index (χ0) is 12.8. The molecule has 17 heavy (non-hydrogen) atoms. The lowest BCUT2D eigenvalue weighted by Gasteiger charge is -2.12. The Morgan fingerprint density at radius 2 is 1.88 bits per heavy atom. The van der Waals surface area contributed by atoms with Gasteiger partial charge in [-0.25, -0.2) is 0 Å². The molecule has 0 spiro atoms. The highest BCUT2D eigenvalue weighted by molar-refractivity contribution is 7.80. The highest BCUT2D eigenvalue weighted by Crippen LogP contribution is 2.13. The van der Waals surface area contributed by atoms with E-state index < -0.39 is 0 Å². The lowest BCUT2D eigenvalue weighted by atomic mass is 10.2. The van der Waals surface area contributed by atoms with Crippen molar-refractivity contribution in [3.63, 3.8) is 0 Å². The fourth-order valence-electron chi connectivity index (χ4n) is 1.25. The summed E-state index contributed by atoms with van der Waals surface area (Å²) in [5, 5.41) is 5.93. The second-order valence-corrected chi connectivity index (χ2v) is 4.41. The molecule has 1 atom stereocenters. The largest absolute Gasteiger partial charge is 0.393 e. The minimum absolute atomic E-state index is 0.0761. The van der Waals surface area contributed by atoms with Crippen LogP contribution in [0, 0.1) is 5.92 Å². The van der Waals surface area contributed by atoms with Crippen molar-refractivity contribution >= 4 is 34.5 Å². The number of hydrogen-bond acceptors (Lipinski definition) is 3. The lowest BCUT2D eigenvalue weighted by molar-refractivity contribution is -0.114. The number of anilines is 2. The molecule has 0 aliphatic heterocycles. The fraction of sp³-hybridized carbons (Fsp3) is 0.333. The maximum absolute atomic E-state index is 10.8. The van der Waals surface area contributed by atoms with E-state index in [-0.39, 0.29) is 11.8 Å². The SMILES string of the molecule is CC(=O)Nc1ccc(NCC(C)C(N)=S)cc1. The van der Waals surface area contributed by atoms with Gasteiger partial charge in [-0.2, -0.15) is 0 Å². The van der Waals surface area contributed by atoms with Crippen molar-refractivity contribution in [2.45, 2.75) is 13.8 Å². The Morgan fingerprint density at radius 1 is 1.35 bits per heavy atom. The van der Waals surface area contributed by atoms with Crippen molar-refractivity contribution in [1.82, 2.24) is 0 Å². The van der Waals surface area contributed by atoms with E-state index in [1.165, 1.54) is 6.92 Å². The zero-order valence-electron chi connectivity index (χ0n) is 9.99. The molecule has 0 saturated carbocycles. The summed E-state index contributed by atoms with van der Waals surface area (Å²) in [6.45, 7) is 4.16. The number of nitrogens with two attached hydrogens (primary N) is 1. The summed E-state index contributed by atoms with van der Waals surface area (Å²) in [4.78, 5) is 11.3. The molecule has 0 aromatic heterocycles. The molecule has 1 unspecified atom stereocenters. The van der Waals surface area contributed by atoms with E-state index >= 15 is 0 Å². The molecule has 1 aromatic rings. The normalized spacial score (nSPS) is 11.6. The van der Waals surface area contributed by atoms with Crippen molar-refractivity contribution in [1.29, 1.82) is 0 Å². The number of rotatable bonds is 5. The van der Waals surface area contributed by atoms with Crippen molar-refractivity contribution in [3.05, 3.63) is 24.3 Å². The standard InChI is InChI=1S/C12H17N3OS/c1-8(12(13)17)7-14-10-3-5-11(6-4-10)15-9(2)16/h3-6,8,14H,7H2,1-2H3,(H2,13,17)(H,15,16). The second-order valence-electron chi connectivity index (χ2n) is 3.94. The van der Waals surface area contributed by atoms with E-state index in [4.69, 9.17) is 18.0 Å². The molecule has 1 amide bonds. The van der Waals surface area contributed by atoms with Crippen LogP contribution in [0.15, 0.2) is 24.3 Å². The average molecular weight is 251 g/mol. The number of carbonyl (C=O) groups excluding carboxylic acids is 1. The average Bonchev–Trinajstić information content (AvgIpc) is 2.26. The molecule has 0 bridgehead atoms. The van der Waals surface area contributed by atoms with Crippen LogP contribution in [-0.4, -0.2) is 17.4 Å². The first kappa shape index (κ1) is 13.4. The molecular weight excluding hydrogens is 234 g/mol. The van der Waals surface area contributed by atoms with Crippen molar-refractivity contribution < 1.29 is 4.79 Å². The molecule has 0 aliphatic rings. The van der Waals surface area contributed by atoms with Gasteiger partial charge in [-0.05, 0) is 24.3 Å². The fourth-order valence-corrected chi connectivity index (χ4v) is 1.33. The van der Waals surface area contributed by atoms with Crippen LogP contribution in [0.4, 0.5) is 11.4 Å². The van der Waals surface area contributed by atoms with Gasteiger partial charge in [0, 0.05) is 30.8 Å². The van der Waals surface area contributed by atoms with Crippen molar-refractivity contribution in [2.24, 2.45) is 11.7 Å². The molecule has 5 heteroatoms. The van der Waals surface area contributed by atoms with Crippen LogP contribution in [-0.2, 0) is 4.79 Å². The van der Waals surface area contributed by atoms with Gasteiger partial charge in [0.1, 0.15) is 0 Å². The van der Waals surface area contributed by atoms with Gasteiger partial charge in [0.15, 0.2) is 0 Å². The first-order valence-corrected chi connectivity index (χ1v) is 5.80. The number of carbonyl (C=O) groups is 1. The smallest absolute Gasteiger partial charge is 0.221 e. The molecule has 1 rings (SSSR count). The number of thiocarbonyl (C=S) groups is 1. The van der Waals surface area contributed by atoms with Gasteiger partial charge in [-0.3, -0.25) is 4.79 Å². The number of benzene rings is 1. The van der Waals surface area contributed by atoms with E-state index in [9.17, 15) is 4.79 Å². The molecular formula is C12H17N3OS. The Kier molecular flexibility index (Phi) is 4.90. The predicted molar refractivity (Wildman–Crippen MR) is 75.2 cm³/mol. The summed E-state index contributed by atoms with van der Waals surface area (Å²) in [6.07, 6.45) is 0. The molecule has 0 radical (unpaired) electrons. The Balaban J connectivity index is 2.51. The topological polar surface area (TPSA) is 67.2 Å². The van der Waals surface area contributed by atoms with Gasteiger partial charge >= 0.3 is 0 Å². The van der Waals surface area contributed by atoms with Crippen LogP contribution in [0.2, 0.25) is 0 Å². The summed E-state index contributed by atoms with van der Waals surface area (Å²) in [6, 6.07) is 7.49. The van der Waals surface area contributed by atoms with Gasteiger partial charge < -0.3 is 16.4 Å². The molecule has 0 saturated heterocycles. The van der Waals surface area contributed by atoms with Gasteiger partial charge in [-0.1, -0.05) is 19.1 Å². The van der Waals surface area contributed by atoms with Crippen LogP contribution >= 0.6 is 12.2 Å². The highest BCUT2D eigenvalue weighted by Gasteiger charge is 2.04. The quantitative estimate of drug-likeness (QED) is 0.700. The van der Waals surface area contributed by atoms with E-state index in [2.05, 4.69) is 10.6 Å². The molecule has 92 valence electrons. The Bertz CT molecular complexity index is 403. The van der Waals surface area contributed by atoms with E-state index in [0.717, 1.165) is 11.4 Å². The van der Waals surface area contributed by atoms with Crippen molar-refractivity contribution in [2.75, 3.05) is 17.2 Å². The minimum Gasteiger partial charge on any atom is -0.393 e. The summed E-state index contributed by atoms with van der Waals surface area (Å²) >= 11 is 4.89. The van der Waals surface area contributed by atoms with Crippen LogP contribution in [0.25, 0.3) is 0 Å². The Labute approximate surface area is 107 Å². The summed E-state index contributed by atoms with van der Waals surface area (Å²) < 4.78 is 0. The molecule has 1 aromatic carbocycles. The highest BCUT2D eigenvalue weighted by atomic mass is 32.1. The number of nitrogens with one attached hydrogen (secondary N) is 2. The molecule has 0 heterocycles. The molecule has 0 aliphatic carbocycles. The molecule has 4 nitrogen and oxygen atoms in total. The van der Waals surface area contributed by atoms with Crippen molar-refractivity contribution in [3.8, 4) is 0 Å². The van der Waals surface area contributed by atoms with Gasteiger partial charge in [0.25, 0.3) is 0 Å². The monoisotopic (exact) mass is 251 g/mol. The van der Waals surface area contributed by atoms with Gasteiger partial charge in [-0.15, -0.1) is 0 Å². The first-order chi connectivity index (χ1) is 7.99. The van der Waals surface area contributed by atoms with E-state index in [0.29, 0.717) is 11.5 Å². The van der Waals surface area contributed by atoms with Gasteiger partial charge in [0.2, 0.25) is 5.91 Å². The van der Waals surface area contributed by atoms with Crippen LogP contribution in [0.1, 0.15) is 13.8 Å². The van der Waals surface area contributed by atoms with E-state index in [1.807, 2.05) is 31.2 Å². The molecule has 4 N–H and O–H groups in total. The second kappa shape index (κ2) is 6.20. The Morgan fingerprint density at radius 3 is 2.35 bits per heavy atom. The number of amides is 1. The third-order valence-electron chi connectivity index (χ3n) is 2.30. The minimum atomic E-state index is -0.0761. The zero-order valence-corrected chi connectivity index (χ0v) is 10.8. The van der Waals surface area contributed by atoms with Crippen LogP contribution < -0.4 is 16.4 Å². The third kappa shape index (κ3) is 4.82.